The van der Waals surface area contributed by atoms with E-state index in [4.69, 9.17) is 0 Å². The fourth-order valence-electron chi connectivity index (χ4n) is 3.01. The highest BCUT2D eigenvalue weighted by molar-refractivity contribution is 7.99. The lowest BCUT2D eigenvalue weighted by Gasteiger charge is -2.11. The van der Waals surface area contributed by atoms with Gasteiger partial charge in [0.2, 0.25) is 5.91 Å². The van der Waals surface area contributed by atoms with Gasteiger partial charge in [-0.1, -0.05) is 42.5 Å². The van der Waals surface area contributed by atoms with Gasteiger partial charge in [0.1, 0.15) is 0 Å². The molecule has 1 aliphatic rings. The highest BCUT2D eigenvalue weighted by atomic mass is 32.2. The standard InChI is InChI=1S/C19H21NOS/c1-13(2)20-18(21)12-22-11-16-8-5-7-15-10-14-6-3-4-9-17(14)19(15)16/h3-9,13H,10-12H2,1-2H3,(H,20,21). The van der Waals surface area contributed by atoms with Gasteiger partial charge in [-0.15, -0.1) is 11.8 Å². The average molecular weight is 311 g/mol. The van der Waals surface area contributed by atoms with Crippen molar-refractivity contribution in [3.63, 3.8) is 0 Å². The number of carbonyl (C=O) groups is 1. The van der Waals surface area contributed by atoms with Crippen molar-refractivity contribution in [3.05, 3.63) is 59.2 Å². The van der Waals surface area contributed by atoms with E-state index in [9.17, 15) is 4.79 Å². The quantitative estimate of drug-likeness (QED) is 0.771. The molecule has 0 atom stereocenters. The first-order chi connectivity index (χ1) is 10.6. The molecule has 2 nitrogen and oxygen atoms in total. The molecular formula is C19H21NOS. The Morgan fingerprint density at radius 3 is 2.73 bits per heavy atom. The van der Waals surface area contributed by atoms with Crippen molar-refractivity contribution in [2.75, 3.05) is 5.75 Å². The Morgan fingerprint density at radius 1 is 1.14 bits per heavy atom. The molecule has 1 aliphatic carbocycles. The van der Waals surface area contributed by atoms with Crippen LogP contribution in [0.15, 0.2) is 42.5 Å². The predicted molar refractivity (Wildman–Crippen MR) is 94.1 cm³/mol. The third kappa shape index (κ3) is 3.20. The first kappa shape index (κ1) is 15.2. The van der Waals surface area contributed by atoms with Gasteiger partial charge in [0, 0.05) is 11.8 Å². The SMILES string of the molecule is CC(C)NC(=O)CSCc1cccc2c1-c1ccccc1C2. The maximum absolute atomic E-state index is 11.7. The van der Waals surface area contributed by atoms with Crippen LogP contribution in [0.3, 0.4) is 0 Å². The molecule has 0 fully saturated rings. The largest absolute Gasteiger partial charge is 0.353 e. The first-order valence-corrected chi connectivity index (χ1v) is 8.87. The van der Waals surface area contributed by atoms with Crippen molar-refractivity contribution in [2.24, 2.45) is 0 Å². The van der Waals surface area contributed by atoms with Crippen LogP contribution >= 0.6 is 11.8 Å². The Bertz CT molecular complexity index is 694. The van der Waals surface area contributed by atoms with E-state index in [1.165, 1.54) is 27.8 Å². The zero-order valence-corrected chi connectivity index (χ0v) is 13.9. The molecule has 0 aromatic heterocycles. The molecule has 0 spiro atoms. The molecular weight excluding hydrogens is 290 g/mol. The molecule has 2 aromatic rings. The number of hydrogen-bond donors (Lipinski definition) is 1. The maximum atomic E-state index is 11.7. The minimum atomic E-state index is 0.118. The normalized spacial score (nSPS) is 12.1. The molecule has 0 saturated heterocycles. The van der Waals surface area contributed by atoms with Crippen LogP contribution in [0.4, 0.5) is 0 Å². The predicted octanol–water partition coefficient (Wildman–Crippen LogP) is 4.02. The van der Waals surface area contributed by atoms with Gasteiger partial charge in [0.15, 0.2) is 0 Å². The fourth-order valence-corrected chi connectivity index (χ4v) is 3.84. The Morgan fingerprint density at radius 2 is 1.91 bits per heavy atom. The Kier molecular flexibility index (Phi) is 4.53. The van der Waals surface area contributed by atoms with Gasteiger partial charge in [0.05, 0.1) is 5.75 Å². The van der Waals surface area contributed by atoms with E-state index in [1.807, 2.05) is 13.8 Å². The minimum Gasteiger partial charge on any atom is -0.353 e. The number of fused-ring (bicyclic) bond motifs is 3. The Hall–Kier alpha value is -1.74. The summed E-state index contributed by atoms with van der Waals surface area (Å²) < 4.78 is 0. The zero-order chi connectivity index (χ0) is 15.5. The number of rotatable bonds is 5. The average Bonchev–Trinajstić information content (AvgIpc) is 2.85. The zero-order valence-electron chi connectivity index (χ0n) is 13.1. The number of carbonyl (C=O) groups excluding carboxylic acids is 1. The topological polar surface area (TPSA) is 29.1 Å². The third-order valence-electron chi connectivity index (χ3n) is 3.85. The molecule has 1 amide bonds. The van der Waals surface area contributed by atoms with E-state index in [2.05, 4.69) is 47.8 Å². The summed E-state index contributed by atoms with van der Waals surface area (Å²) in [6.07, 6.45) is 1.03. The molecule has 1 N–H and O–H groups in total. The minimum absolute atomic E-state index is 0.118. The number of amides is 1. The molecule has 3 heteroatoms. The highest BCUT2D eigenvalue weighted by Crippen LogP contribution is 2.39. The monoisotopic (exact) mass is 311 g/mol. The van der Waals surface area contributed by atoms with Gasteiger partial charge in [0.25, 0.3) is 0 Å². The summed E-state index contributed by atoms with van der Waals surface area (Å²) in [5, 5.41) is 2.94. The number of thioether (sulfide) groups is 1. The van der Waals surface area contributed by atoms with Gasteiger partial charge in [-0.2, -0.15) is 0 Å². The van der Waals surface area contributed by atoms with Crippen LogP contribution in [-0.2, 0) is 17.0 Å². The van der Waals surface area contributed by atoms with Crippen LogP contribution in [0.2, 0.25) is 0 Å². The second-order valence-electron chi connectivity index (χ2n) is 6.00. The van der Waals surface area contributed by atoms with Crippen LogP contribution in [0.25, 0.3) is 11.1 Å². The highest BCUT2D eigenvalue weighted by Gasteiger charge is 2.20. The fraction of sp³-hybridized carbons (Fsp3) is 0.316. The van der Waals surface area contributed by atoms with Crippen molar-refractivity contribution >= 4 is 17.7 Å². The lowest BCUT2D eigenvalue weighted by molar-refractivity contribution is -0.119. The van der Waals surface area contributed by atoms with Gasteiger partial charge in [-0.05, 0) is 48.1 Å². The summed E-state index contributed by atoms with van der Waals surface area (Å²) >= 11 is 1.69. The molecule has 0 saturated carbocycles. The number of nitrogens with one attached hydrogen (secondary N) is 1. The van der Waals surface area contributed by atoms with Gasteiger partial charge < -0.3 is 5.32 Å². The second kappa shape index (κ2) is 6.57. The van der Waals surface area contributed by atoms with Crippen molar-refractivity contribution in [1.29, 1.82) is 0 Å². The molecule has 0 aliphatic heterocycles. The molecule has 0 heterocycles. The van der Waals surface area contributed by atoms with E-state index in [0.29, 0.717) is 5.75 Å². The van der Waals surface area contributed by atoms with Crippen molar-refractivity contribution in [1.82, 2.24) is 5.32 Å². The van der Waals surface area contributed by atoms with E-state index in [1.54, 1.807) is 11.8 Å². The number of hydrogen-bond acceptors (Lipinski definition) is 2. The van der Waals surface area contributed by atoms with Gasteiger partial charge >= 0.3 is 0 Å². The van der Waals surface area contributed by atoms with E-state index in [0.717, 1.165) is 12.2 Å². The van der Waals surface area contributed by atoms with Crippen molar-refractivity contribution in [2.45, 2.75) is 32.1 Å². The summed E-state index contributed by atoms with van der Waals surface area (Å²) in [7, 11) is 0. The molecule has 3 rings (SSSR count). The molecule has 22 heavy (non-hydrogen) atoms. The summed E-state index contributed by atoms with van der Waals surface area (Å²) in [5.41, 5.74) is 6.90. The summed E-state index contributed by atoms with van der Waals surface area (Å²) in [6.45, 7) is 3.98. The van der Waals surface area contributed by atoms with Gasteiger partial charge in [-0.3, -0.25) is 4.79 Å². The van der Waals surface area contributed by atoms with E-state index < -0.39 is 0 Å². The Balaban J connectivity index is 1.72. The molecule has 0 bridgehead atoms. The lowest BCUT2D eigenvalue weighted by Crippen LogP contribution is -2.31. The number of benzene rings is 2. The molecule has 2 aromatic carbocycles. The summed E-state index contributed by atoms with van der Waals surface area (Å²) in [5.74, 6) is 1.51. The molecule has 114 valence electrons. The second-order valence-corrected chi connectivity index (χ2v) is 6.99. The Labute approximate surface area is 136 Å². The summed E-state index contributed by atoms with van der Waals surface area (Å²) in [6, 6.07) is 15.4. The van der Waals surface area contributed by atoms with E-state index >= 15 is 0 Å². The first-order valence-electron chi connectivity index (χ1n) is 7.71. The van der Waals surface area contributed by atoms with Crippen LogP contribution < -0.4 is 5.32 Å². The third-order valence-corrected chi connectivity index (χ3v) is 4.83. The molecule has 0 unspecified atom stereocenters. The van der Waals surface area contributed by atoms with Crippen LogP contribution in [0.5, 0.6) is 0 Å². The van der Waals surface area contributed by atoms with Crippen LogP contribution in [0.1, 0.15) is 30.5 Å². The van der Waals surface area contributed by atoms with Crippen LogP contribution in [-0.4, -0.2) is 17.7 Å². The van der Waals surface area contributed by atoms with Crippen LogP contribution in [0, 0.1) is 0 Å². The van der Waals surface area contributed by atoms with E-state index in [-0.39, 0.29) is 11.9 Å². The maximum Gasteiger partial charge on any atom is 0.230 e. The van der Waals surface area contributed by atoms with Crippen molar-refractivity contribution in [3.8, 4) is 11.1 Å². The van der Waals surface area contributed by atoms with Gasteiger partial charge in [-0.25, -0.2) is 0 Å². The lowest BCUT2D eigenvalue weighted by atomic mass is 10.0. The summed E-state index contributed by atoms with van der Waals surface area (Å²) in [4.78, 5) is 11.7. The molecule has 0 radical (unpaired) electrons. The smallest absolute Gasteiger partial charge is 0.230 e. The van der Waals surface area contributed by atoms with Crippen molar-refractivity contribution < 1.29 is 4.79 Å².